The Labute approximate surface area is 173 Å². The molecule has 0 amide bonds. The van der Waals surface area contributed by atoms with Crippen LogP contribution in [0.15, 0.2) is 42.7 Å². The number of benzene rings is 1. The summed E-state index contributed by atoms with van der Waals surface area (Å²) < 4.78 is 8.07. The first-order valence-electron chi connectivity index (χ1n) is 10.2. The van der Waals surface area contributed by atoms with Crippen molar-refractivity contribution in [3.05, 3.63) is 59.4 Å². The Kier molecular flexibility index (Phi) is 5.02. The molecule has 1 saturated heterocycles. The molecule has 1 unspecified atom stereocenters. The number of anilines is 1. The summed E-state index contributed by atoms with van der Waals surface area (Å²) in [5, 5.41) is 18.6. The van der Waals surface area contributed by atoms with Crippen molar-refractivity contribution in [2.45, 2.75) is 31.9 Å². The molecule has 1 atom stereocenters. The van der Waals surface area contributed by atoms with Crippen molar-refractivity contribution in [3.8, 4) is 5.75 Å². The molecule has 0 radical (unpaired) electrons. The van der Waals surface area contributed by atoms with Crippen LogP contribution in [0.25, 0.3) is 11.2 Å². The molecule has 1 aromatic carbocycles. The van der Waals surface area contributed by atoms with Gasteiger partial charge in [-0.05, 0) is 54.3 Å². The molecular weight excluding hydrogens is 380 g/mol. The predicted octanol–water partition coefficient (Wildman–Crippen LogP) is 1.90. The molecular formula is C21H24N8O. The van der Waals surface area contributed by atoms with Gasteiger partial charge in [0.2, 0.25) is 0 Å². The minimum Gasteiger partial charge on any atom is -0.489 e. The molecule has 0 saturated carbocycles. The topological polar surface area (TPSA) is 120 Å². The van der Waals surface area contributed by atoms with Gasteiger partial charge in [0.05, 0.1) is 12.7 Å². The molecule has 9 nitrogen and oxygen atoms in total. The van der Waals surface area contributed by atoms with Crippen LogP contribution in [-0.4, -0.2) is 49.4 Å². The van der Waals surface area contributed by atoms with Crippen molar-refractivity contribution in [1.82, 2.24) is 35.5 Å². The van der Waals surface area contributed by atoms with Gasteiger partial charge in [-0.2, -0.15) is 5.10 Å². The molecule has 1 aliphatic rings. The molecule has 0 spiro atoms. The number of piperidine rings is 1. The van der Waals surface area contributed by atoms with E-state index in [-0.39, 0.29) is 6.10 Å². The number of hydrogen-bond donors (Lipinski definition) is 3. The second kappa shape index (κ2) is 8.11. The fraction of sp³-hybridized carbons (Fsp3) is 0.333. The second-order valence-corrected chi connectivity index (χ2v) is 7.67. The van der Waals surface area contributed by atoms with Crippen LogP contribution >= 0.6 is 0 Å². The summed E-state index contributed by atoms with van der Waals surface area (Å²) in [5.74, 6) is 1.36. The van der Waals surface area contributed by atoms with Gasteiger partial charge in [-0.25, -0.2) is 10.1 Å². The first-order valence-corrected chi connectivity index (χ1v) is 10.2. The smallest absolute Gasteiger partial charge is 0.178 e. The van der Waals surface area contributed by atoms with Crippen LogP contribution in [0.3, 0.4) is 0 Å². The lowest BCUT2D eigenvalue weighted by molar-refractivity contribution is 0.167. The fourth-order valence-electron chi connectivity index (χ4n) is 3.88. The summed E-state index contributed by atoms with van der Waals surface area (Å²) in [4.78, 5) is 4.21. The zero-order valence-electron chi connectivity index (χ0n) is 16.6. The monoisotopic (exact) mass is 404 g/mol. The van der Waals surface area contributed by atoms with Crippen LogP contribution in [0.2, 0.25) is 0 Å². The molecule has 9 heteroatoms. The summed E-state index contributed by atoms with van der Waals surface area (Å²) >= 11 is 0. The van der Waals surface area contributed by atoms with E-state index in [9.17, 15) is 0 Å². The van der Waals surface area contributed by atoms with Gasteiger partial charge in [-0.3, -0.25) is 4.68 Å². The number of ether oxygens (including phenoxy) is 1. The molecule has 1 aliphatic heterocycles. The summed E-state index contributed by atoms with van der Waals surface area (Å²) in [6.07, 6.45) is 7.07. The minimum atomic E-state index is 0.242. The van der Waals surface area contributed by atoms with E-state index in [4.69, 9.17) is 10.5 Å². The largest absolute Gasteiger partial charge is 0.489 e. The van der Waals surface area contributed by atoms with Gasteiger partial charge >= 0.3 is 0 Å². The molecule has 5 rings (SSSR count). The van der Waals surface area contributed by atoms with Crippen LogP contribution < -0.4 is 15.8 Å². The van der Waals surface area contributed by atoms with E-state index in [0.29, 0.717) is 24.4 Å². The Morgan fingerprint density at radius 1 is 1.23 bits per heavy atom. The first-order chi connectivity index (χ1) is 14.7. The number of hydrogen-bond acceptors (Lipinski definition) is 7. The van der Waals surface area contributed by atoms with E-state index in [0.717, 1.165) is 53.9 Å². The summed E-state index contributed by atoms with van der Waals surface area (Å²) in [5.41, 5.74) is 10.4. The number of aromatic nitrogens is 6. The van der Waals surface area contributed by atoms with Crippen LogP contribution in [-0.2, 0) is 13.0 Å². The Bertz CT molecular complexity index is 1140. The lowest BCUT2D eigenvalue weighted by atomic mass is 10.1. The summed E-state index contributed by atoms with van der Waals surface area (Å²) in [6.45, 7) is 2.67. The third kappa shape index (κ3) is 4.11. The number of nitrogen functional groups attached to an aromatic ring is 1. The lowest BCUT2D eigenvalue weighted by Crippen LogP contribution is -2.37. The molecule has 3 aromatic heterocycles. The van der Waals surface area contributed by atoms with E-state index < -0.39 is 0 Å². The highest BCUT2D eigenvalue weighted by Crippen LogP contribution is 2.20. The number of aromatic amines is 1. The van der Waals surface area contributed by atoms with Gasteiger partial charge in [0.15, 0.2) is 5.65 Å². The van der Waals surface area contributed by atoms with E-state index >= 15 is 0 Å². The second-order valence-electron chi connectivity index (χ2n) is 7.67. The van der Waals surface area contributed by atoms with Crippen molar-refractivity contribution >= 4 is 17.0 Å². The molecule has 154 valence electrons. The van der Waals surface area contributed by atoms with E-state index in [1.807, 2.05) is 35.3 Å². The van der Waals surface area contributed by atoms with Crippen molar-refractivity contribution in [3.63, 3.8) is 0 Å². The van der Waals surface area contributed by atoms with E-state index in [1.54, 1.807) is 0 Å². The highest BCUT2D eigenvalue weighted by Gasteiger charge is 2.14. The van der Waals surface area contributed by atoms with Crippen LogP contribution in [0, 0.1) is 0 Å². The van der Waals surface area contributed by atoms with Crippen LogP contribution in [0.4, 0.5) is 5.82 Å². The van der Waals surface area contributed by atoms with Gasteiger partial charge in [-0.15, -0.1) is 5.10 Å². The summed E-state index contributed by atoms with van der Waals surface area (Å²) in [7, 11) is 0. The molecule has 1 fully saturated rings. The zero-order chi connectivity index (χ0) is 20.3. The first kappa shape index (κ1) is 18.6. The van der Waals surface area contributed by atoms with Crippen molar-refractivity contribution < 1.29 is 4.74 Å². The normalized spacial score (nSPS) is 16.7. The zero-order valence-corrected chi connectivity index (χ0v) is 16.6. The Morgan fingerprint density at radius 3 is 3.10 bits per heavy atom. The molecule has 0 aliphatic carbocycles. The van der Waals surface area contributed by atoms with E-state index in [2.05, 4.69) is 42.9 Å². The van der Waals surface area contributed by atoms with Gasteiger partial charge < -0.3 is 15.8 Å². The van der Waals surface area contributed by atoms with E-state index in [1.165, 1.54) is 0 Å². The maximum Gasteiger partial charge on any atom is 0.178 e. The van der Waals surface area contributed by atoms with Crippen LogP contribution in [0.5, 0.6) is 5.75 Å². The van der Waals surface area contributed by atoms with Crippen molar-refractivity contribution in [2.75, 3.05) is 18.8 Å². The molecule has 4 heterocycles. The molecule has 4 aromatic rings. The maximum absolute atomic E-state index is 6.14. The Balaban J connectivity index is 1.28. The lowest BCUT2D eigenvalue weighted by Gasteiger charge is -2.24. The van der Waals surface area contributed by atoms with Crippen molar-refractivity contribution in [1.29, 1.82) is 0 Å². The average molecular weight is 404 g/mol. The maximum atomic E-state index is 6.14. The molecule has 30 heavy (non-hydrogen) atoms. The fourth-order valence-corrected chi connectivity index (χ4v) is 3.88. The number of rotatable bonds is 6. The number of nitrogens with zero attached hydrogens (tertiary/aromatic N) is 5. The number of fused-ring (bicyclic) bond motifs is 1. The summed E-state index contributed by atoms with van der Waals surface area (Å²) in [6, 6.07) is 10.1. The number of nitrogens with two attached hydrogens (primary N) is 1. The number of nitrogens with one attached hydrogen (secondary N) is 2. The predicted molar refractivity (Wildman–Crippen MR) is 113 cm³/mol. The highest BCUT2D eigenvalue weighted by atomic mass is 16.5. The van der Waals surface area contributed by atoms with Crippen molar-refractivity contribution in [2.24, 2.45) is 0 Å². The minimum absolute atomic E-state index is 0.242. The van der Waals surface area contributed by atoms with Gasteiger partial charge in [0, 0.05) is 19.2 Å². The standard InChI is InChI=1S/C21H24N8O/c22-19-9-16(20-21(25-19)27-28-26-20)7-15-10-24-29(13-15)12-14-3-1-4-17(8-14)30-18-5-2-6-23-11-18/h1,3-4,8-10,13,18,23H,2,5-7,11-12H2,(H3,22,25,26,27,28). The quantitative estimate of drug-likeness (QED) is 0.449. The molecule has 4 N–H and O–H groups in total. The Hall–Kier alpha value is -3.46. The van der Waals surface area contributed by atoms with Gasteiger partial charge in [0.25, 0.3) is 0 Å². The van der Waals surface area contributed by atoms with Gasteiger partial charge in [0.1, 0.15) is 23.2 Å². The third-order valence-corrected chi connectivity index (χ3v) is 5.28. The van der Waals surface area contributed by atoms with Crippen LogP contribution in [0.1, 0.15) is 29.5 Å². The SMILES string of the molecule is Nc1cc(Cc2cnn(Cc3cccc(OC4CCCNC4)c3)c2)c2nn[nH]c2n1. The van der Waals surface area contributed by atoms with Gasteiger partial charge in [-0.1, -0.05) is 17.3 Å². The highest BCUT2D eigenvalue weighted by molar-refractivity contribution is 5.76. The Morgan fingerprint density at radius 2 is 2.20 bits per heavy atom. The third-order valence-electron chi connectivity index (χ3n) is 5.28. The number of pyridine rings is 1. The molecule has 0 bridgehead atoms. The average Bonchev–Trinajstić information content (AvgIpc) is 3.38. The number of H-pyrrole nitrogens is 1.